The number of anilines is 3. The molecule has 1 N–H and O–H groups in total. The van der Waals surface area contributed by atoms with Gasteiger partial charge in [0, 0.05) is 33.2 Å². The van der Waals surface area contributed by atoms with Gasteiger partial charge in [-0.1, -0.05) is 0 Å². The van der Waals surface area contributed by atoms with Crippen molar-refractivity contribution in [2.45, 2.75) is 13.8 Å². The van der Waals surface area contributed by atoms with Crippen LogP contribution in [0, 0.1) is 0 Å². The van der Waals surface area contributed by atoms with Crippen molar-refractivity contribution in [3.05, 3.63) is 0 Å². The number of hydrogen-bond acceptors (Lipinski definition) is 7. The van der Waals surface area contributed by atoms with E-state index in [1.807, 2.05) is 18.9 Å². The van der Waals surface area contributed by atoms with Gasteiger partial charge in [-0.25, -0.2) is 0 Å². The Hall–Kier alpha value is -1.63. The van der Waals surface area contributed by atoms with Crippen molar-refractivity contribution in [1.29, 1.82) is 0 Å². The van der Waals surface area contributed by atoms with Crippen LogP contribution in [0.15, 0.2) is 0 Å². The summed E-state index contributed by atoms with van der Waals surface area (Å²) in [5.74, 6) is 2.06. The van der Waals surface area contributed by atoms with E-state index < -0.39 is 0 Å². The summed E-state index contributed by atoms with van der Waals surface area (Å²) in [6.07, 6.45) is 0. The SMILES string of the molecule is CCNc1nc(N(C)CC)nc(N2CCOCC2)n1. The third-order valence-electron chi connectivity index (χ3n) is 3.06. The van der Waals surface area contributed by atoms with E-state index in [-0.39, 0.29) is 0 Å². The summed E-state index contributed by atoms with van der Waals surface area (Å²) in [7, 11) is 1.98. The maximum Gasteiger partial charge on any atom is 0.232 e. The third-order valence-corrected chi connectivity index (χ3v) is 3.06. The van der Waals surface area contributed by atoms with Gasteiger partial charge in [-0.15, -0.1) is 0 Å². The molecule has 1 aliphatic rings. The van der Waals surface area contributed by atoms with Crippen LogP contribution in [0.5, 0.6) is 0 Å². The first-order valence-corrected chi connectivity index (χ1v) is 6.78. The summed E-state index contributed by atoms with van der Waals surface area (Å²) < 4.78 is 5.36. The molecule has 0 unspecified atom stereocenters. The maximum absolute atomic E-state index is 5.36. The predicted molar refractivity (Wildman–Crippen MR) is 76.0 cm³/mol. The molecule has 0 bridgehead atoms. The van der Waals surface area contributed by atoms with Crippen LogP contribution in [-0.2, 0) is 4.74 Å². The van der Waals surface area contributed by atoms with Gasteiger partial charge in [0.1, 0.15) is 0 Å². The molecule has 1 aromatic rings. The van der Waals surface area contributed by atoms with Gasteiger partial charge in [0.05, 0.1) is 13.2 Å². The van der Waals surface area contributed by atoms with Crippen molar-refractivity contribution in [2.24, 2.45) is 0 Å². The molecule has 1 aliphatic heterocycles. The van der Waals surface area contributed by atoms with Crippen LogP contribution in [0.2, 0.25) is 0 Å². The van der Waals surface area contributed by atoms with Crippen molar-refractivity contribution >= 4 is 17.8 Å². The molecule has 0 aromatic carbocycles. The number of rotatable bonds is 5. The second kappa shape index (κ2) is 6.51. The molecule has 7 heteroatoms. The molecule has 1 saturated heterocycles. The number of nitrogens with one attached hydrogen (secondary N) is 1. The van der Waals surface area contributed by atoms with E-state index in [4.69, 9.17) is 4.74 Å². The highest BCUT2D eigenvalue weighted by Gasteiger charge is 2.17. The molecule has 0 atom stereocenters. The van der Waals surface area contributed by atoms with Crippen LogP contribution < -0.4 is 15.1 Å². The zero-order chi connectivity index (χ0) is 13.7. The third kappa shape index (κ3) is 3.44. The van der Waals surface area contributed by atoms with Gasteiger partial charge in [-0.05, 0) is 13.8 Å². The first kappa shape index (κ1) is 13.8. The molecule has 0 saturated carbocycles. The Morgan fingerprint density at radius 1 is 1.21 bits per heavy atom. The van der Waals surface area contributed by atoms with Crippen LogP contribution in [0.4, 0.5) is 17.8 Å². The average Bonchev–Trinajstić information content (AvgIpc) is 2.47. The molecule has 0 amide bonds. The second-order valence-corrected chi connectivity index (χ2v) is 4.40. The summed E-state index contributed by atoms with van der Waals surface area (Å²) in [5.41, 5.74) is 0. The number of nitrogens with zero attached hydrogens (tertiary/aromatic N) is 5. The number of hydrogen-bond donors (Lipinski definition) is 1. The second-order valence-electron chi connectivity index (χ2n) is 4.40. The van der Waals surface area contributed by atoms with E-state index >= 15 is 0 Å². The number of aromatic nitrogens is 3. The van der Waals surface area contributed by atoms with Crippen LogP contribution in [0.3, 0.4) is 0 Å². The van der Waals surface area contributed by atoms with Crippen molar-refractivity contribution in [3.8, 4) is 0 Å². The van der Waals surface area contributed by atoms with E-state index in [1.54, 1.807) is 0 Å². The summed E-state index contributed by atoms with van der Waals surface area (Å²) in [6, 6.07) is 0. The van der Waals surface area contributed by atoms with Gasteiger partial charge in [0.15, 0.2) is 0 Å². The molecule has 19 heavy (non-hydrogen) atoms. The maximum atomic E-state index is 5.36. The van der Waals surface area contributed by atoms with Gasteiger partial charge >= 0.3 is 0 Å². The summed E-state index contributed by atoms with van der Waals surface area (Å²) in [6.45, 7) is 8.85. The lowest BCUT2D eigenvalue weighted by atomic mass is 10.4. The minimum Gasteiger partial charge on any atom is -0.378 e. The fourth-order valence-electron chi connectivity index (χ4n) is 1.81. The largest absolute Gasteiger partial charge is 0.378 e. The lowest BCUT2D eigenvalue weighted by Gasteiger charge is -2.27. The minimum atomic E-state index is 0.634. The molecular formula is C12H22N6O. The summed E-state index contributed by atoms with van der Waals surface area (Å²) in [5, 5.41) is 3.16. The van der Waals surface area contributed by atoms with Crippen LogP contribution in [0.25, 0.3) is 0 Å². The topological polar surface area (TPSA) is 66.4 Å². The zero-order valence-electron chi connectivity index (χ0n) is 11.9. The standard InChI is InChI=1S/C12H22N6O/c1-4-13-10-14-11(17(3)5-2)16-12(15-10)18-6-8-19-9-7-18/h4-9H2,1-3H3,(H,13,14,15,16). The van der Waals surface area contributed by atoms with E-state index in [0.29, 0.717) is 11.9 Å². The Labute approximate surface area is 114 Å². The fraction of sp³-hybridized carbons (Fsp3) is 0.750. The van der Waals surface area contributed by atoms with E-state index in [2.05, 4.69) is 32.1 Å². The highest BCUT2D eigenvalue weighted by molar-refractivity contribution is 5.45. The Balaban J connectivity index is 2.27. The average molecular weight is 266 g/mol. The molecule has 1 aromatic heterocycles. The van der Waals surface area contributed by atoms with Gasteiger partial charge < -0.3 is 19.9 Å². The molecule has 7 nitrogen and oxygen atoms in total. The molecule has 0 aliphatic carbocycles. The van der Waals surface area contributed by atoms with Gasteiger partial charge in [0.25, 0.3) is 0 Å². The van der Waals surface area contributed by atoms with Crippen LogP contribution >= 0.6 is 0 Å². The Bertz CT molecular complexity index is 407. The fourth-order valence-corrected chi connectivity index (χ4v) is 1.81. The predicted octanol–water partition coefficient (Wildman–Crippen LogP) is 0.596. The first-order valence-electron chi connectivity index (χ1n) is 6.78. The van der Waals surface area contributed by atoms with Gasteiger partial charge in [-0.2, -0.15) is 15.0 Å². The monoisotopic (exact) mass is 266 g/mol. The Kier molecular flexibility index (Phi) is 4.73. The highest BCUT2D eigenvalue weighted by atomic mass is 16.5. The molecule has 0 radical (unpaired) electrons. The van der Waals surface area contributed by atoms with Crippen molar-refractivity contribution in [2.75, 3.05) is 61.6 Å². The molecule has 106 valence electrons. The highest BCUT2D eigenvalue weighted by Crippen LogP contribution is 2.16. The van der Waals surface area contributed by atoms with E-state index in [1.165, 1.54) is 0 Å². The van der Waals surface area contributed by atoms with E-state index in [0.717, 1.165) is 45.3 Å². The van der Waals surface area contributed by atoms with Crippen LogP contribution in [-0.4, -0.2) is 61.4 Å². The Morgan fingerprint density at radius 3 is 2.58 bits per heavy atom. The Morgan fingerprint density at radius 2 is 1.95 bits per heavy atom. The van der Waals surface area contributed by atoms with Crippen molar-refractivity contribution < 1.29 is 4.74 Å². The summed E-state index contributed by atoms with van der Waals surface area (Å²) >= 11 is 0. The molecule has 1 fully saturated rings. The number of ether oxygens (including phenoxy) is 1. The molecule has 2 heterocycles. The lowest BCUT2D eigenvalue weighted by Crippen LogP contribution is -2.38. The van der Waals surface area contributed by atoms with Crippen LogP contribution in [0.1, 0.15) is 13.8 Å². The molecular weight excluding hydrogens is 244 g/mol. The smallest absolute Gasteiger partial charge is 0.232 e. The minimum absolute atomic E-state index is 0.634. The van der Waals surface area contributed by atoms with E-state index in [9.17, 15) is 0 Å². The van der Waals surface area contributed by atoms with Crippen molar-refractivity contribution in [3.63, 3.8) is 0 Å². The summed E-state index contributed by atoms with van der Waals surface area (Å²) in [4.78, 5) is 17.6. The zero-order valence-corrected chi connectivity index (χ0v) is 11.9. The molecule has 2 rings (SSSR count). The normalized spacial score (nSPS) is 15.4. The number of morpholine rings is 1. The lowest BCUT2D eigenvalue weighted by molar-refractivity contribution is 0.122. The molecule has 0 spiro atoms. The van der Waals surface area contributed by atoms with Gasteiger partial charge in [-0.3, -0.25) is 0 Å². The van der Waals surface area contributed by atoms with Crippen molar-refractivity contribution in [1.82, 2.24) is 15.0 Å². The quantitative estimate of drug-likeness (QED) is 0.837. The first-order chi connectivity index (χ1) is 9.24. The van der Waals surface area contributed by atoms with Gasteiger partial charge in [0.2, 0.25) is 17.8 Å².